The number of pyridine rings is 1. The third-order valence-electron chi connectivity index (χ3n) is 2.43. The van der Waals surface area contributed by atoms with Crippen LogP contribution in [0.3, 0.4) is 0 Å². The Morgan fingerprint density at radius 2 is 2.12 bits per heavy atom. The summed E-state index contributed by atoms with van der Waals surface area (Å²) in [7, 11) is 1.62. The van der Waals surface area contributed by atoms with E-state index in [0.717, 1.165) is 0 Å². The average Bonchev–Trinajstić information content (AvgIpc) is 2.24. The average molecular weight is 302 g/mol. The predicted octanol–water partition coefficient (Wildman–Crippen LogP) is 1.07. The normalized spacial score (nSPS) is 12.6. The van der Waals surface area contributed by atoms with Crippen LogP contribution in [0.2, 0.25) is 0 Å². The zero-order valence-electron chi connectivity index (χ0n) is 10.0. The Kier molecular flexibility index (Phi) is 4.47. The highest BCUT2D eigenvalue weighted by Gasteiger charge is 2.17. The van der Waals surface area contributed by atoms with Gasteiger partial charge in [0.1, 0.15) is 0 Å². The van der Waals surface area contributed by atoms with Crippen molar-refractivity contribution < 1.29 is 4.79 Å². The van der Waals surface area contributed by atoms with Gasteiger partial charge in [0.05, 0.1) is 16.2 Å². The lowest BCUT2D eigenvalue weighted by atomic mass is 10.1. The van der Waals surface area contributed by atoms with Crippen molar-refractivity contribution in [3.63, 3.8) is 0 Å². The van der Waals surface area contributed by atoms with Crippen molar-refractivity contribution in [3.8, 4) is 0 Å². The van der Waals surface area contributed by atoms with Crippen molar-refractivity contribution in [1.82, 2.24) is 4.57 Å². The molecule has 0 aliphatic heterocycles. The number of amides is 1. The Morgan fingerprint density at radius 3 is 2.59 bits per heavy atom. The molecular formula is C11H16BrN3O2. The van der Waals surface area contributed by atoms with E-state index in [2.05, 4.69) is 21.2 Å². The van der Waals surface area contributed by atoms with Gasteiger partial charge in [0, 0.05) is 13.2 Å². The number of aryl methyl sites for hydroxylation is 1. The first-order valence-electron chi connectivity index (χ1n) is 5.25. The molecule has 0 bridgehead atoms. The predicted molar refractivity (Wildman–Crippen MR) is 70.8 cm³/mol. The molecule has 6 heteroatoms. The molecule has 0 radical (unpaired) electrons. The van der Waals surface area contributed by atoms with Gasteiger partial charge in [0.2, 0.25) is 5.91 Å². The summed E-state index contributed by atoms with van der Waals surface area (Å²) in [5.74, 6) is -0.198. The summed E-state index contributed by atoms with van der Waals surface area (Å²) < 4.78 is 1.79. The molecule has 5 nitrogen and oxygen atoms in total. The fourth-order valence-corrected chi connectivity index (χ4v) is 1.79. The van der Waals surface area contributed by atoms with E-state index in [-0.39, 0.29) is 17.4 Å². The van der Waals surface area contributed by atoms with Crippen molar-refractivity contribution in [2.45, 2.75) is 19.9 Å². The van der Waals surface area contributed by atoms with E-state index >= 15 is 0 Å². The van der Waals surface area contributed by atoms with Crippen LogP contribution in [0, 0.1) is 5.92 Å². The molecule has 0 aromatic carbocycles. The van der Waals surface area contributed by atoms with Gasteiger partial charge in [-0.25, -0.2) is 0 Å². The van der Waals surface area contributed by atoms with Crippen LogP contribution in [-0.2, 0) is 11.8 Å². The number of nitrogens with zero attached hydrogens (tertiary/aromatic N) is 1. The molecule has 1 aromatic heterocycles. The second-order valence-corrected chi connectivity index (χ2v) is 5.11. The Morgan fingerprint density at radius 1 is 1.53 bits per heavy atom. The van der Waals surface area contributed by atoms with E-state index < -0.39 is 6.04 Å². The van der Waals surface area contributed by atoms with Crippen LogP contribution in [0.15, 0.2) is 21.5 Å². The number of nitrogens with one attached hydrogen (secondary N) is 1. The number of carbonyl (C=O) groups excluding carboxylic acids is 1. The summed E-state index contributed by atoms with van der Waals surface area (Å²) in [4.78, 5) is 23.1. The van der Waals surface area contributed by atoms with Gasteiger partial charge in [0.15, 0.2) is 0 Å². The molecule has 1 aromatic rings. The standard InChI is InChI=1S/C11H16BrN3O2/c1-6(2)9(13)10(16)14-7-4-8(12)11(17)15(3)5-7/h4-6,9H,13H2,1-3H3,(H,14,16)/t9-/m0/s1. The Bertz CT molecular complexity index is 456. The van der Waals surface area contributed by atoms with Crippen LogP contribution in [-0.4, -0.2) is 16.5 Å². The minimum Gasteiger partial charge on any atom is -0.323 e. The van der Waals surface area contributed by atoms with Gasteiger partial charge >= 0.3 is 0 Å². The molecule has 3 N–H and O–H groups in total. The SMILES string of the molecule is CC(C)[C@H](N)C(=O)Nc1cc(Br)c(=O)n(C)c1. The van der Waals surface area contributed by atoms with E-state index in [1.54, 1.807) is 19.3 Å². The quantitative estimate of drug-likeness (QED) is 0.877. The Hall–Kier alpha value is -1.14. The molecule has 0 unspecified atom stereocenters. The summed E-state index contributed by atoms with van der Waals surface area (Å²) in [5, 5.41) is 2.68. The summed E-state index contributed by atoms with van der Waals surface area (Å²) in [6.45, 7) is 3.75. The topological polar surface area (TPSA) is 77.1 Å². The van der Waals surface area contributed by atoms with Gasteiger partial charge in [-0.3, -0.25) is 9.59 Å². The molecule has 0 saturated carbocycles. The maximum absolute atomic E-state index is 11.7. The second kappa shape index (κ2) is 5.46. The zero-order chi connectivity index (χ0) is 13.2. The monoisotopic (exact) mass is 301 g/mol. The highest BCUT2D eigenvalue weighted by molar-refractivity contribution is 9.10. The van der Waals surface area contributed by atoms with Crippen LogP contribution in [0.1, 0.15) is 13.8 Å². The first-order valence-corrected chi connectivity index (χ1v) is 6.05. The number of rotatable bonds is 3. The molecule has 1 amide bonds. The molecule has 1 heterocycles. The number of halogens is 1. The van der Waals surface area contributed by atoms with E-state index in [9.17, 15) is 9.59 Å². The van der Waals surface area contributed by atoms with Crippen molar-refractivity contribution >= 4 is 27.5 Å². The van der Waals surface area contributed by atoms with E-state index in [0.29, 0.717) is 10.2 Å². The molecule has 1 atom stereocenters. The zero-order valence-corrected chi connectivity index (χ0v) is 11.6. The van der Waals surface area contributed by atoms with Gasteiger partial charge in [-0.15, -0.1) is 0 Å². The molecule has 0 spiro atoms. The van der Waals surface area contributed by atoms with Gasteiger partial charge < -0.3 is 15.6 Å². The number of aromatic nitrogens is 1. The van der Waals surface area contributed by atoms with E-state index in [4.69, 9.17) is 5.73 Å². The van der Waals surface area contributed by atoms with E-state index in [1.165, 1.54) is 4.57 Å². The van der Waals surface area contributed by atoms with Crippen LogP contribution in [0.4, 0.5) is 5.69 Å². The molecule has 94 valence electrons. The molecule has 0 aliphatic carbocycles. The lowest BCUT2D eigenvalue weighted by Crippen LogP contribution is -2.40. The molecule has 0 saturated heterocycles. The highest BCUT2D eigenvalue weighted by atomic mass is 79.9. The first kappa shape index (κ1) is 13.9. The highest BCUT2D eigenvalue weighted by Crippen LogP contribution is 2.12. The summed E-state index contributed by atoms with van der Waals surface area (Å²) in [6, 6.07) is 0.999. The largest absolute Gasteiger partial charge is 0.323 e. The molecular weight excluding hydrogens is 286 g/mol. The first-order chi connectivity index (χ1) is 7.82. The maximum Gasteiger partial charge on any atom is 0.264 e. The van der Waals surface area contributed by atoms with Crippen LogP contribution in [0.5, 0.6) is 0 Å². The van der Waals surface area contributed by atoms with Gasteiger partial charge in [0.25, 0.3) is 5.56 Å². The minimum atomic E-state index is -0.564. The van der Waals surface area contributed by atoms with E-state index in [1.807, 2.05) is 13.8 Å². The number of anilines is 1. The van der Waals surface area contributed by atoms with Crippen LogP contribution in [0.25, 0.3) is 0 Å². The molecule has 17 heavy (non-hydrogen) atoms. The van der Waals surface area contributed by atoms with Gasteiger partial charge in [-0.1, -0.05) is 13.8 Å². The third-order valence-corrected chi connectivity index (χ3v) is 3.00. The minimum absolute atomic E-state index is 0.0611. The Labute approximate surface area is 108 Å². The summed E-state index contributed by atoms with van der Waals surface area (Å²) >= 11 is 3.14. The fraction of sp³-hybridized carbons (Fsp3) is 0.455. The second-order valence-electron chi connectivity index (χ2n) is 4.25. The van der Waals surface area contributed by atoms with Crippen molar-refractivity contribution in [2.24, 2.45) is 18.7 Å². The summed E-state index contributed by atoms with van der Waals surface area (Å²) in [6.07, 6.45) is 1.55. The Balaban J connectivity index is 2.90. The molecule has 0 aliphatic rings. The molecule has 0 fully saturated rings. The lowest BCUT2D eigenvalue weighted by Gasteiger charge is -2.15. The smallest absolute Gasteiger partial charge is 0.264 e. The number of hydrogen-bond acceptors (Lipinski definition) is 3. The summed E-state index contributed by atoms with van der Waals surface area (Å²) in [5.41, 5.74) is 6.11. The lowest BCUT2D eigenvalue weighted by molar-refractivity contribution is -0.118. The maximum atomic E-state index is 11.7. The number of hydrogen-bond donors (Lipinski definition) is 2. The van der Waals surface area contributed by atoms with Crippen LogP contribution >= 0.6 is 15.9 Å². The van der Waals surface area contributed by atoms with Crippen LogP contribution < -0.4 is 16.6 Å². The molecule has 1 rings (SSSR count). The number of carbonyl (C=O) groups is 1. The third kappa shape index (κ3) is 3.41. The fourth-order valence-electron chi connectivity index (χ4n) is 1.27. The van der Waals surface area contributed by atoms with Gasteiger partial charge in [-0.05, 0) is 27.9 Å². The number of nitrogens with two attached hydrogens (primary N) is 1. The van der Waals surface area contributed by atoms with Crippen molar-refractivity contribution in [2.75, 3.05) is 5.32 Å². The van der Waals surface area contributed by atoms with Crippen molar-refractivity contribution in [3.05, 3.63) is 27.1 Å². The van der Waals surface area contributed by atoms with Crippen molar-refractivity contribution in [1.29, 1.82) is 0 Å². The van der Waals surface area contributed by atoms with Gasteiger partial charge in [-0.2, -0.15) is 0 Å².